The molecule has 2 aromatic heterocycles. The first-order valence-corrected chi connectivity index (χ1v) is 13.0. The molecule has 1 N–H and O–H groups in total. The van der Waals surface area contributed by atoms with E-state index in [-0.39, 0.29) is 12.1 Å². The Morgan fingerprint density at radius 3 is 2.70 bits per heavy atom. The molecule has 5 rings (SSSR count). The summed E-state index contributed by atoms with van der Waals surface area (Å²) in [7, 11) is 0. The highest BCUT2D eigenvalue weighted by atomic mass is 35.5. The van der Waals surface area contributed by atoms with Crippen LogP contribution in [0, 0.1) is 5.95 Å². The van der Waals surface area contributed by atoms with Crippen molar-refractivity contribution in [2.24, 2.45) is 0 Å². The molecule has 0 spiro atoms. The first-order valence-electron chi connectivity index (χ1n) is 12.2. The van der Waals surface area contributed by atoms with Crippen molar-refractivity contribution in [2.75, 3.05) is 13.1 Å². The van der Waals surface area contributed by atoms with E-state index < -0.39 is 24.1 Å². The van der Waals surface area contributed by atoms with Crippen LogP contribution in [0.5, 0.6) is 5.75 Å². The number of carbonyl (C=O) groups is 1. The number of ether oxygens (including phenoxy) is 1. The smallest absolute Gasteiger partial charge is 0.406 e. The van der Waals surface area contributed by atoms with Crippen LogP contribution in [0.3, 0.4) is 0 Å². The lowest BCUT2D eigenvalue weighted by atomic mass is 10.0. The maximum atomic E-state index is 13.5. The number of pyridine rings is 1. The van der Waals surface area contributed by atoms with Crippen LogP contribution in [0.4, 0.5) is 22.4 Å². The summed E-state index contributed by atoms with van der Waals surface area (Å²) in [6.45, 7) is 1.67. The van der Waals surface area contributed by atoms with Crippen molar-refractivity contribution < 1.29 is 27.1 Å². The number of rotatable bonds is 6. The Balaban J connectivity index is 1.42. The predicted octanol–water partition coefficient (Wildman–Crippen LogP) is 7.21. The average Bonchev–Trinajstić information content (AvgIpc) is 3.20. The van der Waals surface area contributed by atoms with Gasteiger partial charge in [-0.25, -0.2) is 9.78 Å². The number of fused-ring (bicyclic) bond motifs is 3. The average molecular weight is 593 g/mol. The zero-order chi connectivity index (χ0) is 28.4. The van der Waals surface area contributed by atoms with Crippen molar-refractivity contribution in [2.45, 2.75) is 25.9 Å². The molecular weight excluding hydrogens is 571 g/mol. The topological polar surface area (TPSA) is 59.4 Å². The molecule has 0 atom stereocenters. The van der Waals surface area contributed by atoms with Gasteiger partial charge in [-0.2, -0.15) is 4.39 Å². The van der Waals surface area contributed by atoms with E-state index in [9.17, 15) is 22.4 Å². The number of amides is 1. The Labute approximate surface area is 236 Å². The summed E-state index contributed by atoms with van der Waals surface area (Å²) >= 11 is 12.2. The van der Waals surface area contributed by atoms with Crippen LogP contribution in [0.2, 0.25) is 10.0 Å². The molecule has 0 radical (unpaired) electrons. The van der Waals surface area contributed by atoms with Crippen molar-refractivity contribution in [1.29, 1.82) is 0 Å². The molecule has 6 nitrogen and oxygen atoms in total. The molecule has 208 valence electrons. The van der Waals surface area contributed by atoms with Gasteiger partial charge in [0.1, 0.15) is 5.75 Å². The Hall–Kier alpha value is -3.60. The fraction of sp³-hybridized carbons (Fsp3) is 0.214. The third-order valence-electron chi connectivity index (χ3n) is 6.49. The number of hydrogen-bond donors (Lipinski definition) is 1. The molecule has 3 heterocycles. The van der Waals surface area contributed by atoms with Crippen LogP contribution in [-0.2, 0) is 19.5 Å². The fourth-order valence-corrected chi connectivity index (χ4v) is 5.22. The maximum Gasteiger partial charge on any atom is 0.573 e. The van der Waals surface area contributed by atoms with Gasteiger partial charge in [-0.3, -0.25) is 9.47 Å². The van der Waals surface area contributed by atoms with Crippen LogP contribution in [0.25, 0.3) is 17.0 Å². The highest BCUT2D eigenvalue weighted by Crippen LogP contribution is 2.34. The lowest BCUT2D eigenvalue weighted by Gasteiger charge is -2.27. The Morgan fingerprint density at radius 2 is 1.95 bits per heavy atom. The van der Waals surface area contributed by atoms with E-state index in [1.807, 2.05) is 18.2 Å². The van der Waals surface area contributed by atoms with Gasteiger partial charge in [-0.05, 0) is 53.1 Å². The zero-order valence-corrected chi connectivity index (χ0v) is 22.3. The molecule has 2 aromatic carbocycles. The van der Waals surface area contributed by atoms with Crippen LogP contribution >= 0.6 is 23.2 Å². The monoisotopic (exact) mass is 592 g/mol. The zero-order valence-electron chi connectivity index (χ0n) is 20.8. The minimum atomic E-state index is -4.88. The van der Waals surface area contributed by atoms with Crippen LogP contribution < -0.4 is 10.1 Å². The minimum Gasteiger partial charge on any atom is -0.406 e. The number of alkyl halides is 3. The summed E-state index contributed by atoms with van der Waals surface area (Å²) in [5.41, 5.74) is 3.13. The molecule has 0 unspecified atom stereocenters. The second kappa shape index (κ2) is 11.5. The summed E-state index contributed by atoms with van der Waals surface area (Å²) in [4.78, 5) is 19.0. The molecule has 1 aliphatic rings. The summed E-state index contributed by atoms with van der Waals surface area (Å²) < 4.78 is 57.8. The summed E-state index contributed by atoms with van der Waals surface area (Å²) in [5.74, 6) is -1.11. The number of aromatic nitrogens is 2. The van der Waals surface area contributed by atoms with Crippen molar-refractivity contribution >= 4 is 46.2 Å². The van der Waals surface area contributed by atoms with Crippen molar-refractivity contribution in [3.63, 3.8) is 0 Å². The molecule has 0 fully saturated rings. The van der Waals surface area contributed by atoms with E-state index in [0.29, 0.717) is 52.7 Å². The normalized spacial score (nSPS) is 14.1. The molecule has 4 aromatic rings. The van der Waals surface area contributed by atoms with Gasteiger partial charge in [0.2, 0.25) is 5.95 Å². The van der Waals surface area contributed by atoms with E-state index in [0.717, 1.165) is 11.1 Å². The summed E-state index contributed by atoms with van der Waals surface area (Å²) in [5, 5.41) is 4.45. The fourth-order valence-electron chi connectivity index (χ4n) is 4.75. The molecule has 12 heteroatoms. The largest absolute Gasteiger partial charge is 0.573 e. The number of nitrogens with zero attached hydrogens (tertiary/aromatic N) is 3. The van der Waals surface area contributed by atoms with Gasteiger partial charge in [-0.15, -0.1) is 13.2 Å². The van der Waals surface area contributed by atoms with E-state index in [1.165, 1.54) is 35.0 Å². The van der Waals surface area contributed by atoms with E-state index in [1.54, 1.807) is 18.2 Å². The number of halogens is 6. The van der Waals surface area contributed by atoms with Crippen molar-refractivity contribution in [1.82, 2.24) is 19.8 Å². The molecule has 1 aliphatic heterocycles. The highest BCUT2D eigenvalue weighted by Gasteiger charge is 2.32. The molecule has 0 bridgehead atoms. The second-order valence-corrected chi connectivity index (χ2v) is 10.0. The Bertz CT molecular complexity index is 1600. The lowest BCUT2D eigenvalue weighted by Crippen LogP contribution is -2.34. The van der Waals surface area contributed by atoms with Crippen molar-refractivity contribution in [3.8, 4) is 5.75 Å². The van der Waals surface area contributed by atoms with Gasteiger partial charge in [-0.1, -0.05) is 41.4 Å². The van der Waals surface area contributed by atoms with Gasteiger partial charge < -0.3 is 10.1 Å². The number of benzene rings is 2. The van der Waals surface area contributed by atoms with Crippen molar-refractivity contribution in [3.05, 3.63) is 99.2 Å². The standard InChI is InChI=1S/C28H22Cl2F4N4O2/c29-19-4-3-18(23(30)13-19)2-1-10-37-11-8-24-22(16-37)21-6-5-20(40-28(32,33)34)14-25(21)38(24)27(39)36-15-17-7-9-35-26(31)12-17/h1-7,9,12-14H,8,10-11,15-16H2,(H,36,39). The predicted molar refractivity (Wildman–Crippen MR) is 145 cm³/mol. The van der Waals surface area contributed by atoms with E-state index >= 15 is 0 Å². The molecule has 0 saturated heterocycles. The lowest BCUT2D eigenvalue weighted by molar-refractivity contribution is -0.274. The highest BCUT2D eigenvalue weighted by molar-refractivity contribution is 6.35. The molecular formula is C28H22Cl2F4N4O2. The maximum absolute atomic E-state index is 13.5. The van der Waals surface area contributed by atoms with Gasteiger partial charge in [0.25, 0.3) is 0 Å². The quantitative estimate of drug-likeness (QED) is 0.190. The van der Waals surface area contributed by atoms with Gasteiger partial charge in [0.05, 0.1) is 5.52 Å². The second-order valence-electron chi connectivity index (χ2n) is 9.19. The summed E-state index contributed by atoms with van der Waals surface area (Å²) in [6, 6.07) is 11.4. The van der Waals surface area contributed by atoms with Crippen LogP contribution in [0.15, 0.2) is 60.8 Å². The summed E-state index contributed by atoms with van der Waals surface area (Å²) in [6.07, 6.45) is 0.748. The van der Waals surface area contributed by atoms with E-state index in [2.05, 4.69) is 19.9 Å². The van der Waals surface area contributed by atoms with Crippen LogP contribution in [-0.4, -0.2) is 39.9 Å². The number of hydrogen-bond acceptors (Lipinski definition) is 4. The number of nitrogens with one attached hydrogen (secondary N) is 1. The minimum absolute atomic E-state index is 0.00956. The Morgan fingerprint density at radius 1 is 1.12 bits per heavy atom. The Kier molecular flexibility index (Phi) is 8.02. The molecule has 0 aliphatic carbocycles. The van der Waals surface area contributed by atoms with Crippen LogP contribution in [0.1, 0.15) is 22.4 Å². The third kappa shape index (κ3) is 6.41. The number of carbonyl (C=O) groups excluding carboxylic acids is 1. The van der Waals surface area contributed by atoms with Gasteiger partial charge in [0, 0.05) is 66.0 Å². The molecule has 0 saturated carbocycles. The SMILES string of the molecule is O=C(NCc1ccnc(F)c1)n1c2c(c3ccc(OC(F)(F)F)cc31)CN(CC=Cc1ccc(Cl)cc1Cl)CC2. The van der Waals surface area contributed by atoms with E-state index in [4.69, 9.17) is 23.2 Å². The van der Waals surface area contributed by atoms with Gasteiger partial charge in [0.15, 0.2) is 0 Å². The van der Waals surface area contributed by atoms with Gasteiger partial charge >= 0.3 is 12.4 Å². The molecule has 1 amide bonds. The first kappa shape index (κ1) is 27.9. The third-order valence-corrected chi connectivity index (χ3v) is 7.06. The first-order chi connectivity index (χ1) is 19.1. The molecule has 40 heavy (non-hydrogen) atoms.